The van der Waals surface area contributed by atoms with Gasteiger partial charge in [-0.2, -0.15) is 0 Å². The molecule has 0 saturated carbocycles. The predicted molar refractivity (Wildman–Crippen MR) is 90.2 cm³/mol. The highest BCUT2D eigenvalue weighted by molar-refractivity contribution is 7.80. The number of hydrogen-bond acceptors (Lipinski definition) is 1. The summed E-state index contributed by atoms with van der Waals surface area (Å²) in [5, 5.41) is 7.17. The number of aryl methyl sites for hydroxylation is 2. The maximum Gasteiger partial charge on any atom is 0.170 e. The molecule has 0 fully saturated rings. The van der Waals surface area contributed by atoms with Crippen LogP contribution in [0, 0.1) is 6.92 Å². The van der Waals surface area contributed by atoms with Crippen molar-refractivity contribution in [3.05, 3.63) is 65.7 Å². The van der Waals surface area contributed by atoms with Gasteiger partial charge in [-0.05, 0) is 49.2 Å². The molecule has 0 aliphatic carbocycles. The normalized spacial score (nSPS) is 10.1. The number of para-hydroxylation sites is 1. The first-order valence-corrected chi connectivity index (χ1v) is 7.31. The summed E-state index contributed by atoms with van der Waals surface area (Å²) in [5.74, 6) is 0. The van der Waals surface area contributed by atoms with Gasteiger partial charge in [0.15, 0.2) is 5.11 Å². The molecule has 0 heterocycles. The molecule has 2 aromatic carbocycles. The molecule has 0 unspecified atom stereocenters. The molecule has 0 amide bonds. The van der Waals surface area contributed by atoms with Crippen LogP contribution in [0.2, 0.25) is 0 Å². The number of thiocarbonyl (C=S) groups is 1. The standard InChI is InChI=1S/C17H20N2S/c1-14-8-5-6-12-16(14)19-17(20)18-13-7-11-15-9-3-2-4-10-15/h2-6,8-10,12H,7,11,13H2,1H3,(H2,18,19,20). The van der Waals surface area contributed by atoms with Gasteiger partial charge in [0.2, 0.25) is 0 Å². The Kier molecular flexibility index (Phi) is 5.56. The molecule has 0 bridgehead atoms. The summed E-state index contributed by atoms with van der Waals surface area (Å²) in [6.45, 7) is 2.95. The van der Waals surface area contributed by atoms with E-state index in [0.717, 1.165) is 25.1 Å². The van der Waals surface area contributed by atoms with Crippen LogP contribution in [0.4, 0.5) is 5.69 Å². The van der Waals surface area contributed by atoms with E-state index in [0.29, 0.717) is 5.11 Å². The van der Waals surface area contributed by atoms with E-state index in [1.54, 1.807) is 0 Å². The van der Waals surface area contributed by atoms with Crippen molar-refractivity contribution in [3.8, 4) is 0 Å². The average Bonchev–Trinajstić information content (AvgIpc) is 2.47. The van der Waals surface area contributed by atoms with Gasteiger partial charge >= 0.3 is 0 Å². The first kappa shape index (κ1) is 14.5. The van der Waals surface area contributed by atoms with E-state index < -0.39 is 0 Å². The molecule has 2 rings (SSSR count). The Bertz CT molecular complexity index is 552. The van der Waals surface area contributed by atoms with Gasteiger partial charge in [-0.25, -0.2) is 0 Å². The lowest BCUT2D eigenvalue weighted by Gasteiger charge is -2.12. The van der Waals surface area contributed by atoms with Crippen molar-refractivity contribution in [2.24, 2.45) is 0 Å². The second-order valence-corrected chi connectivity index (χ2v) is 5.19. The molecule has 0 radical (unpaired) electrons. The average molecular weight is 284 g/mol. The maximum absolute atomic E-state index is 5.30. The van der Waals surface area contributed by atoms with E-state index in [-0.39, 0.29) is 0 Å². The molecular formula is C17H20N2S. The van der Waals surface area contributed by atoms with Crippen molar-refractivity contribution in [2.45, 2.75) is 19.8 Å². The van der Waals surface area contributed by atoms with Crippen molar-refractivity contribution < 1.29 is 0 Å². The van der Waals surface area contributed by atoms with Gasteiger partial charge in [0, 0.05) is 12.2 Å². The summed E-state index contributed by atoms with van der Waals surface area (Å²) in [6.07, 6.45) is 2.14. The highest BCUT2D eigenvalue weighted by atomic mass is 32.1. The van der Waals surface area contributed by atoms with Gasteiger partial charge in [0.05, 0.1) is 0 Å². The monoisotopic (exact) mass is 284 g/mol. The van der Waals surface area contributed by atoms with Crippen molar-refractivity contribution in [1.82, 2.24) is 5.32 Å². The predicted octanol–water partition coefficient (Wildman–Crippen LogP) is 3.91. The third-order valence-electron chi connectivity index (χ3n) is 3.16. The lowest BCUT2D eigenvalue weighted by Crippen LogP contribution is -2.29. The van der Waals surface area contributed by atoms with E-state index in [1.807, 2.05) is 24.3 Å². The van der Waals surface area contributed by atoms with Crippen LogP contribution in [0.5, 0.6) is 0 Å². The molecule has 0 atom stereocenters. The number of benzene rings is 2. The molecule has 0 saturated heterocycles. The summed E-state index contributed by atoms with van der Waals surface area (Å²) in [7, 11) is 0. The summed E-state index contributed by atoms with van der Waals surface area (Å²) in [5.41, 5.74) is 3.63. The Morgan fingerprint density at radius 1 is 1.00 bits per heavy atom. The van der Waals surface area contributed by atoms with Crippen molar-refractivity contribution in [3.63, 3.8) is 0 Å². The van der Waals surface area contributed by atoms with Crippen molar-refractivity contribution in [2.75, 3.05) is 11.9 Å². The van der Waals surface area contributed by atoms with Crippen molar-refractivity contribution >= 4 is 23.0 Å². The Morgan fingerprint density at radius 2 is 1.70 bits per heavy atom. The molecule has 0 aliphatic rings. The van der Waals surface area contributed by atoms with Gasteiger partial charge in [-0.1, -0.05) is 48.5 Å². The third kappa shape index (κ3) is 4.67. The zero-order valence-electron chi connectivity index (χ0n) is 11.7. The Hall–Kier alpha value is -1.87. The zero-order chi connectivity index (χ0) is 14.2. The van der Waals surface area contributed by atoms with Crippen LogP contribution < -0.4 is 10.6 Å². The molecule has 104 valence electrons. The van der Waals surface area contributed by atoms with E-state index in [9.17, 15) is 0 Å². The molecule has 2 N–H and O–H groups in total. The Balaban J connectivity index is 1.69. The smallest absolute Gasteiger partial charge is 0.170 e. The lowest BCUT2D eigenvalue weighted by molar-refractivity contribution is 0.777. The molecule has 3 heteroatoms. The van der Waals surface area contributed by atoms with Gasteiger partial charge in [0.1, 0.15) is 0 Å². The molecule has 0 aliphatic heterocycles. The second kappa shape index (κ2) is 7.65. The molecular weight excluding hydrogens is 264 g/mol. The number of hydrogen-bond donors (Lipinski definition) is 2. The fraction of sp³-hybridized carbons (Fsp3) is 0.235. The van der Waals surface area contributed by atoms with E-state index in [4.69, 9.17) is 12.2 Å². The fourth-order valence-corrected chi connectivity index (χ4v) is 2.23. The Labute approximate surface area is 126 Å². The van der Waals surface area contributed by atoms with E-state index in [2.05, 4.69) is 47.9 Å². The van der Waals surface area contributed by atoms with Gasteiger partial charge in [-0.15, -0.1) is 0 Å². The van der Waals surface area contributed by atoms with Gasteiger partial charge in [0.25, 0.3) is 0 Å². The lowest BCUT2D eigenvalue weighted by atomic mass is 10.1. The minimum atomic E-state index is 0.687. The molecule has 2 aromatic rings. The first-order valence-electron chi connectivity index (χ1n) is 6.90. The minimum Gasteiger partial charge on any atom is -0.362 e. The van der Waals surface area contributed by atoms with Crippen LogP contribution in [0.15, 0.2) is 54.6 Å². The quantitative estimate of drug-likeness (QED) is 0.643. The molecule has 20 heavy (non-hydrogen) atoms. The van der Waals surface area contributed by atoms with E-state index >= 15 is 0 Å². The summed E-state index contributed by atoms with van der Waals surface area (Å²) in [6, 6.07) is 18.6. The van der Waals surface area contributed by atoms with Crippen LogP contribution in [0.1, 0.15) is 17.5 Å². The largest absolute Gasteiger partial charge is 0.362 e. The van der Waals surface area contributed by atoms with Crippen LogP contribution >= 0.6 is 12.2 Å². The SMILES string of the molecule is Cc1ccccc1NC(=S)NCCCc1ccccc1. The van der Waals surface area contributed by atoms with Crippen LogP contribution in [0.3, 0.4) is 0 Å². The Morgan fingerprint density at radius 3 is 2.45 bits per heavy atom. The fourth-order valence-electron chi connectivity index (χ4n) is 2.02. The van der Waals surface area contributed by atoms with Crippen LogP contribution in [-0.2, 0) is 6.42 Å². The zero-order valence-corrected chi connectivity index (χ0v) is 12.5. The second-order valence-electron chi connectivity index (χ2n) is 4.78. The highest BCUT2D eigenvalue weighted by Gasteiger charge is 1.99. The summed E-state index contributed by atoms with van der Waals surface area (Å²) >= 11 is 5.30. The van der Waals surface area contributed by atoms with Crippen LogP contribution in [0.25, 0.3) is 0 Å². The van der Waals surface area contributed by atoms with Crippen LogP contribution in [-0.4, -0.2) is 11.7 Å². The molecule has 0 aromatic heterocycles. The number of nitrogens with one attached hydrogen (secondary N) is 2. The van der Waals surface area contributed by atoms with Gasteiger partial charge in [-0.3, -0.25) is 0 Å². The van der Waals surface area contributed by atoms with Crippen molar-refractivity contribution in [1.29, 1.82) is 0 Å². The minimum absolute atomic E-state index is 0.687. The number of anilines is 1. The highest BCUT2D eigenvalue weighted by Crippen LogP contribution is 2.12. The first-order chi connectivity index (χ1) is 9.75. The maximum atomic E-state index is 5.30. The summed E-state index contributed by atoms with van der Waals surface area (Å²) in [4.78, 5) is 0. The van der Waals surface area contributed by atoms with E-state index in [1.165, 1.54) is 11.1 Å². The molecule has 0 spiro atoms. The third-order valence-corrected chi connectivity index (χ3v) is 3.41. The number of rotatable bonds is 5. The molecule has 2 nitrogen and oxygen atoms in total. The summed E-state index contributed by atoms with van der Waals surface area (Å²) < 4.78 is 0. The topological polar surface area (TPSA) is 24.1 Å². The van der Waals surface area contributed by atoms with Gasteiger partial charge < -0.3 is 10.6 Å².